The third kappa shape index (κ3) is 6.43. The van der Waals surface area contributed by atoms with Gasteiger partial charge in [-0.1, -0.05) is 91.8 Å². The molecular weight excluding hydrogens is 677 g/mol. The van der Waals surface area contributed by atoms with Gasteiger partial charge in [0.1, 0.15) is 0 Å². The number of allylic oxidation sites excluding steroid dienone is 16. The maximum absolute atomic E-state index is 2.93. The number of likely N-dealkylation sites (tertiary alicyclic amines) is 1. The summed E-state index contributed by atoms with van der Waals surface area (Å²) in [4.78, 5) is 2.93. The lowest BCUT2D eigenvalue weighted by Crippen LogP contribution is -2.35. The standard InChI is InChI=1S/C54H68N2/c1-3-12-37(13-4-1)39-22-24-40(25-23-39)42-28-33-45(34-29-42)56-51-20-10-8-17-48(51)54-46(18-11-21-53(54)56)43-30-35-52-49(36-43)47-16-7-9-19-50(47)55(52)44-31-26-41(27-32-44)38-14-5-2-6-15-38/h1-5,11-12,21,28-29,31,33,35-41,43,45-47,50H,6-10,13-20,22-27,30,32,34H2. The summed E-state index contributed by atoms with van der Waals surface area (Å²) in [5, 5.41) is 0. The van der Waals surface area contributed by atoms with Crippen molar-refractivity contribution < 1.29 is 0 Å². The minimum absolute atomic E-state index is 0.466. The van der Waals surface area contributed by atoms with Crippen molar-refractivity contribution in [3.8, 4) is 0 Å². The molecule has 0 bridgehead atoms. The van der Waals surface area contributed by atoms with E-state index in [2.05, 4.69) is 94.5 Å². The Balaban J connectivity index is 0.830. The van der Waals surface area contributed by atoms with E-state index in [9.17, 15) is 0 Å². The quantitative estimate of drug-likeness (QED) is 0.263. The summed E-state index contributed by atoms with van der Waals surface area (Å²) in [5.74, 6) is 6.22. The number of hydrogen-bond donors (Lipinski definition) is 0. The third-order valence-corrected chi connectivity index (χ3v) is 17.1. The van der Waals surface area contributed by atoms with Crippen molar-refractivity contribution in [3.05, 3.63) is 124 Å². The number of nitrogens with zero attached hydrogens (tertiary/aromatic N) is 2. The maximum Gasteiger partial charge on any atom is 0.0557 e. The Morgan fingerprint density at radius 3 is 2.30 bits per heavy atom. The van der Waals surface area contributed by atoms with E-state index in [-0.39, 0.29) is 0 Å². The van der Waals surface area contributed by atoms with Crippen molar-refractivity contribution >= 4 is 6.08 Å². The number of rotatable bonds is 6. The highest BCUT2D eigenvalue weighted by molar-refractivity contribution is 5.62. The highest BCUT2D eigenvalue weighted by Crippen LogP contribution is 2.54. The summed E-state index contributed by atoms with van der Waals surface area (Å²) in [6.07, 6.45) is 64.9. The van der Waals surface area contributed by atoms with Crippen molar-refractivity contribution in [3.63, 3.8) is 0 Å². The first-order valence-corrected chi connectivity index (χ1v) is 24.0. The Kier molecular flexibility index (Phi) is 9.92. The number of aromatic nitrogens is 1. The summed E-state index contributed by atoms with van der Waals surface area (Å²) in [6, 6.07) is 1.17. The Hall–Kier alpha value is -3.26. The molecule has 2 nitrogen and oxygen atoms in total. The Labute approximate surface area is 339 Å². The Morgan fingerprint density at radius 1 is 0.571 bits per heavy atom. The van der Waals surface area contributed by atoms with Gasteiger partial charge in [0, 0.05) is 34.7 Å². The highest BCUT2D eigenvalue weighted by atomic mass is 15.2. The van der Waals surface area contributed by atoms with E-state index < -0.39 is 0 Å². The van der Waals surface area contributed by atoms with E-state index >= 15 is 0 Å². The normalized spacial score (nSPS) is 37.5. The fraction of sp³-hybridized carbons (Fsp3) is 0.593. The summed E-state index contributed by atoms with van der Waals surface area (Å²) in [6.45, 7) is 0. The van der Waals surface area contributed by atoms with Gasteiger partial charge < -0.3 is 9.47 Å². The highest BCUT2D eigenvalue weighted by Gasteiger charge is 2.46. The van der Waals surface area contributed by atoms with Gasteiger partial charge in [-0.2, -0.15) is 0 Å². The van der Waals surface area contributed by atoms with Gasteiger partial charge in [-0.3, -0.25) is 0 Å². The molecular formula is C54H68N2. The minimum atomic E-state index is 0.466. The second-order valence-electron chi connectivity index (χ2n) is 20.0. The van der Waals surface area contributed by atoms with Crippen LogP contribution in [0.3, 0.4) is 0 Å². The molecule has 3 fully saturated rings. The van der Waals surface area contributed by atoms with Gasteiger partial charge in [0.25, 0.3) is 0 Å². The molecule has 0 spiro atoms. The van der Waals surface area contributed by atoms with Crippen LogP contribution >= 0.6 is 0 Å². The van der Waals surface area contributed by atoms with Crippen molar-refractivity contribution in [2.45, 2.75) is 159 Å². The predicted molar refractivity (Wildman–Crippen MR) is 234 cm³/mol. The van der Waals surface area contributed by atoms with Crippen LogP contribution in [0, 0.1) is 41.4 Å². The first-order valence-electron chi connectivity index (χ1n) is 24.0. The molecule has 2 heterocycles. The van der Waals surface area contributed by atoms with E-state index in [1.807, 2.05) is 0 Å². The van der Waals surface area contributed by atoms with Crippen LogP contribution in [0.5, 0.6) is 0 Å². The summed E-state index contributed by atoms with van der Waals surface area (Å²) >= 11 is 0. The fourth-order valence-electron chi connectivity index (χ4n) is 14.3. The molecule has 294 valence electrons. The molecule has 0 amide bonds. The SMILES string of the molecule is C1=CCC(C2CCC(C3=CCC(n4c5c(c6c4CCCC6)C(C4C=C6C(=CC4)N(C4=CCC(C7CC=CCC7)CC4)C4CCCCC64)CC=C5)C=C3)CC2)C=C1. The molecule has 10 aliphatic rings. The lowest BCUT2D eigenvalue weighted by molar-refractivity contribution is 0.216. The second kappa shape index (κ2) is 15.5. The number of hydrogen-bond acceptors (Lipinski definition) is 1. The van der Waals surface area contributed by atoms with Gasteiger partial charge in [-0.05, 0) is 198 Å². The topological polar surface area (TPSA) is 8.17 Å². The summed E-state index contributed by atoms with van der Waals surface area (Å²) in [7, 11) is 0. The van der Waals surface area contributed by atoms with Crippen LogP contribution in [0.4, 0.5) is 0 Å². The average Bonchev–Trinajstić information content (AvgIpc) is 3.80. The molecule has 1 aliphatic heterocycles. The number of fused-ring (bicyclic) bond motifs is 6. The Morgan fingerprint density at radius 2 is 1.48 bits per heavy atom. The van der Waals surface area contributed by atoms with Gasteiger partial charge in [0.15, 0.2) is 0 Å². The van der Waals surface area contributed by atoms with Gasteiger partial charge in [-0.25, -0.2) is 0 Å². The van der Waals surface area contributed by atoms with Crippen LogP contribution in [-0.4, -0.2) is 15.5 Å². The van der Waals surface area contributed by atoms with Crippen LogP contribution in [0.2, 0.25) is 0 Å². The van der Waals surface area contributed by atoms with Gasteiger partial charge in [-0.15, -0.1) is 0 Å². The molecule has 0 N–H and O–H groups in total. The molecule has 0 radical (unpaired) electrons. The van der Waals surface area contributed by atoms with Gasteiger partial charge in [0.05, 0.1) is 6.04 Å². The van der Waals surface area contributed by atoms with Gasteiger partial charge >= 0.3 is 0 Å². The Bertz CT molecular complexity index is 1940. The molecule has 8 atom stereocenters. The molecule has 56 heavy (non-hydrogen) atoms. The zero-order valence-electron chi connectivity index (χ0n) is 34.3. The second-order valence-corrected chi connectivity index (χ2v) is 20.0. The predicted octanol–water partition coefficient (Wildman–Crippen LogP) is 14.0. The minimum Gasteiger partial charge on any atom is -0.342 e. The summed E-state index contributed by atoms with van der Waals surface area (Å²) < 4.78 is 2.87. The molecule has 11 rings (SSSR count). The third-order valence-electron chi connectivity index (χ3n) is 17.1. The van der Waals surface area contributed by atoms with Crippen molar-refractivity contribution in [1.82, 2.24) is 9.47 Å². The zero-order chi connectivity index (χ0) is 37.0. The lowest BCUT2D eigenvalue weighted by Gasteiger charge is -2.38. The van der Waals surface area contributed by atoms with Gasteiger partial charge in [0.2, 0.25) is 0 Å². The van der Waals surface area contributed by atoms with Crippen molar-refractivity contribution in [2.24, 2.45) is 41.4 Å². The van der Waals surface area contributed by atoms with Crippen LogP contribution in [0.25, 0.3) is 6.08 Å². The zero-order valence-corrected chi connectivity index (χ0v) is 34.3. The van der Waals surface area contributed by atoms with E-state index in [4.69, 9.17) is 0 Å². The van der Waals surface area contributed by atoms with E-state index in [1.54, 1.807) is 45.1 Å². The fourth-order valence-corrected chi connectivity index (χ4v) is 14.3. The maximum atomic E-state index is 2.93. The van der Waals surface area contributed by atoms with E-state index in [1.165, 1.54) is 141 Å². The van der Waals surface area contributed by atoms with Crippen LogP contribution in [0.15, 0.2) is 102 Å². The molecule has 1 saturated heterocycles. The van der Waals surface area contributed by atoms with E-state index in [0.717, 1.165) is 35.5 Å². The van der Waals surface area contributed by atoms with Crippen LogP contribution in [-0.2, 0) is 12.8 Å². The molecule has 9 aliphatic carbocycles. The van der Waals surface area contributed by atoms with Crippen molar-refractivity contribution in [1.29, 1.82) is 0 Å². The smallest absolute Gasteiger partial charge is 0.0557 e. The monoisotopic (exact) mass is 745 g/mol. The van der Waals surface area contributed by atoms with Crippen LogP contribution in [0.1, 0.15) is 163 Å². The summed E-state index contributed by atoms with van der Waals surface area (Å²) in [5.41, 5.74) is 13.5. The van der Waals surface area contributed by atoms with Crippen LogP contribution < -0.4 is 0 Å². The van der Waals surface area contributed by atoms with Crippen molar-refractivity contribution in [2.75, 3.05) is 0 Å². The molecule has 2 heteroatoms. The molecule has 0 aromatic carbocycles. The molecule has 1 aromatic heterocycles. The molecule has 2 saturated carbocycles. The molecule has 8 unspecified atom stereocenters. The first-order chi connectivity index (χ1) is 27.8. The average molecular weight is 745 g/mol. The first kappa shape index (κ1) is 35.9. The van der Waals surface area contributed by atoms with E-state index in [0.29, 0.717) is 23.9 Å². The largest absolute Gasteiger partial charge is 0.342 e. The molecule has 1 aromatic rings. The lowest BCUT2D eigenvalue weighted by atomic mass is 9.71.